The minimum atomic E-state index is -0.499. The topological polar surface area (TPSA) is 73.9 Å². The minimum Gasteiger partial charge on any atom is -0.493 e. The van der Waals surface area contributed by atoms with Gasteiger partial charge < -0.3 is 19.5 Å². The summed E-state index contributed by atoms with van der Waals surface area (Å²) in [5.41, 5.74) is 2.65. The van der Waals surface area contributed by atoms with Crippen LogP contribution in [0.15, 0.2) is 40.9 Å². The molecule has 6 nitrogen and oxygen atoms in total. The molecule has 2 rings (SSSR count). The van der Waals surface area contributed by atoms with Crippen LogP contribution in [0.2, 0.25) is 0 Å². The van der Waals surface area contributed by atoms with E-state index in [4.69, 9.17) is 14.2 Å². The van der Waals surface area contributed by atoms with Gasteiger partial charge in [-0.2, -0.15) is 0 Å². The van der Waals surface area contributed by atoms with Crippen molar-refractivity contribution >= 4 is 27.8 Å². The lowest BCUT2D eigenvalue weighted by Crippen LogP contribution is -2.28. The first-order valence-electron chi connectivity index (χ1n) is 9.44. The van der Waals surface area contributed by atoms with E-state index in [1.165, 1.54) is 12.7 Å². The Hall–Kier alpha value is -2.54. The third-order valence-corrected chi connectivity index (χ3v) is 4.76. The Morgan fingerprint density at radius 3 is 2.52 bits per heavy atom. The van der Waals surface area contributed by atoms with Crippen molar-refractivity contribution in [3.63, 3.8) is 0 Å². The maximum atomic E-state index is 12.3. The van der Waals surface area contributed by atoms with Crippen LogP contribution in [-0.2, 0) is 16.0 Å². The third-order valence-electron chi connectivity index (χ3n) is 4.17. The zero-order valence-corrected chi connectivity index (χ0v) is 18.5. The minimum absolute atomic E-state index is 0.0768. The van der Waals surface area contributed by atoms with Gasteiger partial charge in [0.25, 0.3) is 0 Å². The van der Waals surface area contributed by atoms with Crippen molar-refractivity contribution in [3.05, 3.63) is 57.6 Å². The molecule has 0 bridgehead atoms. The Morgan fingerprint density at radius 2 is 1.86 bits per heavy atom. The second-order valence-corrected chi connectivity index (χ2v) is 7.25. The highest BCUT2D eigenvalue weighted by molar-refractivity contribution is 9.10. The van der Waals surface area contributed by atoms with Gasteiger partial charge in [-0.15, -0.1) is 0 Å². The van der Waals surface area contributed by atoms with Crippen LogP contribution in [-0.4, -0.2) is 38.7 Å². The molecule has 29 heavy (non-hydrogen) atoms. The van der Waals surface area contributed by atoms with Crippen LogP contribution in [0.1, 0.15) is 34.8 Å². The molecule has 1 amide bonds. The Bertz CT molecular complexity index is 836. The molecule has 0 radical (unpaired) electrons. The van der Waals surface area contributed by atoms with Crippen LogP contribution in [0.3, 0.4) is 0 Å². The van der Waals surface area contributed by atoms with Crippen molar-refractivity contribution in [3.8, 4) is 11.5 Å². The van der Waals surface area contributed by atoms with Gasteiger partial charge in [0.1, 0.15) is 6.61 Å². The summed E-state index contributed by atoms with van der Waals surface area (Å²) in [4.78, 5) is 24.2. The number of hydrogen-bond acceptors (Lipinski definition) is 5. The van der Waals surface area contributed by atoms with Crippen molar-refractivity contribution in [2.75, 3.05) is 26.9 Å². The number of esters is 1. The van der Waals surface area contributed by atoms with E-state index in [2.05, 4.69) is 21.2 Å². The zero-order chi connectivity index (χ0) is 21.2. The molecule has 0 aromatic heterocycles. The molecule has 0 unspecified atom stereocenters. The first-order chi connectivity index (χ1) is 13.9. The van der Waals surface area contributed by atoms with Gasteiger partial charge in [-0.25, -0.2) is 4.79 Å². The molecule has 0 spiro atoms. The Labute approximate surface area is 179 Å². The smallest absolute Gasteiger partial charge is 0.338 e. The summed E-state index contributed by atoms with van der Waals surface area (Å²) < 4.78 is 16.6. The fourth-order valence-electron chi connectivity index (χ4n) is 2.64. The third kappa shape index (κ3) is 7.09. The molecule has 0 atom stereocenters. The molecule has 0 aliphatic rings. The number of ether oxygens (including phenoxy) is 3. The van der Waals surface area contributed by atoms with Gasteiger partial charge in [-0.05, 0) is 53.9 Å². The molecule has 0 heterocycles. The highest BCUT2D eigenvalue weighted by atomic mass is 79.9. The van der Waals surface area contributed by atoms with Gasteiger partial charge in [-0.3, -0.25) is 4.79 Å². The molecule has 0 saturated heterocycles. The van der Waals surface area contributed by atoms with E-state index in [0.717, 1.165) is 5.56 Å². The van der Waals surface area contributed by atoms with Crippen LogP contribution < -0.4 is 14.8 Å². The number of carbonyl (C=O) groups is 2. The fourth-order valence-corrected chi connectivity index (χ4v) is 3.20. The first kappa shape index (κ1) is 22.7. The Kier molecular flexibility index (Phi) is 8.99. The maximum Gasteiger partial charge on any atom is 0.338 e. The van der Waals surface area contributed by atoms with Gasteiger partial charge in [0.05, 0.1) is 30.3 Å². The fraction of sp³-hybridized carbons (Fsp3) is 0.364. The molecule has 0 aliphatic carbocycles. The molecule has 0 fully saturated rings. The summed E-state index contributed by atoms with van der Waals surface area (Å²) in [5.74, 6) is 0.401. The van der Waals surface area contributed by atoms with E-state index >= 15 is 0 Å². The molecule has 0 saturated carbocycles. The summed E-state index contributed by atoms with van der Waals surface area (Å²) in [6.45, 7) is 4.71. The van der Waals surface area contributed by atoms with Crippen LogP contribution in [0, 0.1) is 6.92 Å². The number of hydrogen-bond donors (Lipinski definition) is 1. The number of halogens is 1. The molecular formula is C22H26BrNO5. The number of aryl methyl sites for hydroxylation is 2. The summed E-state index contributed by atoms with van der Waals surface area (Å²) in [7, 11) is 1.51. The summed E-state index contributed by atoms with van der Waals surface area (Å²) in [6, 6.07) is 11.3. The molecule has 2 aromatic rings. The van der Waals surface area contributed by atoms with Gasteiger partial charge in [0.15, 0.2) is 11.5 Å². The molecule has 156 valence electrons. The highest BCUT2D eigenvalue weighted by Gasteiger charge is 2.16. The molecule has 0 aliphatic heterocycles. The van der Waals surface area contributed by atoms with E-state index in [1.807, 2.05) is 38.1 Å². The lowest BCUT2D eigenvalue weighted by atomic mass is 10.1. The SMILES string of the molecule is CCOc1c(Br)cc(C(=O)OCCNC(=O)CCc2ccc(C)cc2)cc1OC. The van der Waals surface area contributed by atoms with E-state index in [-0.39, 0.29) is 19.1 Å². The van der Waals surface area contributed by atoms with Gasteiger partial charge >= 0.3 is 5.97 Å². The molecule has 7 heteroatoms. The average molecular weight is 464 g/mol. The maximum absolute atomic E-state index is 12.3. The van der Waals surface area contributed by atoms with E-state index in [0.29, 0.717) is 41.0 Å². The number of carbonyl (C=O) groups excluding carboxylic acids is 2. The van der Waals surface area contributed by atoms with E-state index in [1.54, 1.807) is 12.1 Å². The second kappa shape index (κ2) is 11.5. The lowest BCUT2D eigenvalue weighted by molar-refractivity contribution is -0.121. The Balaban J connectivity index is 1.77. The zero-order valence-electron chi connectivity index (χ0n) is 16.9. The van der Waals surface area contributed by atoms with Gasteiger partial charge in [0, 0.05) is 6.42 Å². The largest absolute Gasteiger partial charge is 0.493 e. The molecule has 1 N–H and O–H groups in total. The molecular weight excluding hydrogens is 438 g/mol. The highest BCUT2D eigenvalue weighted by Crippen LogP contribution is 2.36. The summed E-state index contributed by atoms with van der Waals surface area (Å²) in [6.07, 6.45) is 1.06. The quantitative estimate of drug-likeness (QED) is 0.424. The second-order valence-electron chi connectivity index (χ2n) is 6.39. The van der Waals surface area contributed by atoms with Crippen molar-refractivity contribution < 1.29 is 23.8 Å². The number of rotatable bonds is 10. The van der Waals surface area contributed by atoms with Gasteiger partial charge in [-0.1, -0.05) is 29.8 Å². The summed E-state index contributed by atoms with van der Waals surface area (Å²) >= 11 is 3.38. The number of methoxy groups -OCH3 is 1. The normalized spacial score (nSPS) is 10.3. The predicted molar refractivity (Wildman–Crippen MR) is 115 cm³/mol. The van der Waals surface area contributed by atoms with Crippen LogP contribution in [0.25, 0.3) is 0 Å². The molecule has 2 aromatic carbocycles. The van der Waals surface area contributed by atoms with Crippen LogP contribution >= 0.6 is 15.9 Å². The van der Waals surface area contributed by atoms with Crippen LogP contribution in [0.4, 0.5) is 0 Å². The monoisotopic (exact) mass is 463 g/mol. The van der Waals surface area contributed by atoms with Crippen molar-refractivity contribution in [1.82, 2.24) is 5.32 Å². The average Bonchev–Trinajstić information content (AvgIpc) is 2.72. The summed E-state index contributed by atoms with van der Waals surface area (Å²) in [5, 5.41) is 2.76. The van der Waals surface area contributed by atoms with Crippen molar-refractivity contribution in [1.29, 1.82) is 0 Å². The predicted octanol–water partition coefficient (Wildman–Crippen LogP) is 4.07. The van der Waals surface area contributed by atoms with Crippen molar-refractivity contribution in [2.24, 2.45) is 0 Å². The van der Waals surface area contributed by atoms with E-state index in [9.17, 15) is 9.59 Å². The number of amides is 1. The number of nitrogens with one attached hydrogen (secondary N) is 1. The Morgan fingerprint density at radius 1 is 1.14 bits per heavy atom. The first-order valence-corrected chi connectivity index (χ1v) is 10.2. The van der Waals surface area contributed by atoms with E-state index < -0.39 is 5.97 Å². The van der Waals surface area contributed by atoms with Gasteiger partial charge in [0.2, 0.25) is 5.91 Å². The standard InChI is InChI=1S/C22H26BrNO5/c1-4-28-21-18(23)13-17(14-19(21)27-3)22(26)29-12-11-24-20(25)10-9-16-7-5-15(2)6-8-16/h5-8,13-14H,4,9-12H2,1-3H3,(H,24,25). The lowest BCUT2D eigenvalue weighted by Gasteiger charge is -2.13. The van der Waals surface area contributed by atoms with Crippen LogP contribution in [0.5, 0.6) is 11.5 Å². The van der Waals surface area contributed by atoms with Crippen molar-refractivity contribution in [2.45, 2.75) is 26.7 Å². The number of benzene rings is 2.